The van der Waals surface area contributed by atoms with E-state index in [1.54, 1.807) is 38.5 Å². The number of halogens is 1. The van der Waals surface area contributed by atoms with Crippen LogP contribution in [0.4, 0.5) is 0 Å². The highest BCUT2D eigenvalue weighted by molar-refractivity contribution is 14.1. The van der Waals surface area contributed by atoms with Gasteiger partial charge in [0.15, 0.2) is 5.78 Å². The van der Waals surface area contributed by atoms with Crippen molar-refractivity contribution in [3.63, 3.8) is 0 Å². The maximum Gasteiger partial charge on any atom is 0.189 e. The molecule has 0 aliphatic carbocycles. The van der Waals surface area contributed by atoms with Crippen molar-refractivity contribution in [3.05, 3.63) is 56.7 Å². The van der Waals surface area contributed by atoms with Gasteiger partial charge in [-0.15, -0.1) is 0 Å². The Morgan fingerprint density at radius 1 is 1.13 bits per heavy atom. The second kappa shape index (κ2) is 7.50. The van der Waals surface area contributed by atoms with Crippen molar-refractivity contribution in [2.75, 3.05) is 14.2 Å². The Bertz CT molecular complexity index is 741. The molecule has 0 saturated carbocycles. The van der Waals surface area contributed by atoms with E-state index in [1.807, 2.05) is 19.1 Å². The topological polar surface area (TPSA) is 55.8 Å². The fourth-order valence-corrected chi connectivity index (χ4v) is 2.65. The minimum absolute atomic E-state index is 0.0226. The maximum absolute atomic E-state index is 12.2. The standard InChI is InChI=1S/C18H17IO4/c1-11-17(22-2)8-12(9-18(11)23-3)4-7-15(20)14-6-5-13(19)10-16(14)21/h4-10,21H,1-3H3/b7-4+. The number of ether oxygens (including phenoxy) is 2. The third-order valence-electron chi connectivity index (χ3n) is 3.43. The number of ketones is 1. The first-order valence-corrected chi connectivity index (χ1v) is 7.97. The second-order valence-corrected chi connectivity index (χ2v) is 6.16. The Morgan fingerprint density at radius 3 is 2.26 bits per heavy atom. The van der Waals surface area contributed by atoms with Crippen LogP contribution in [-0.2, 0) is 0 Å². The highest BCUT2D eigenvalue weighted by Crippen LogP contribution is 2.30. The van der Waals surface area contributed by atoms with Crippen molar-refractivity contribution in [2.24, 2.45) is 0 Å². The molecule has 0 unspecified atom stereocenters. The van der Waals surface area contributed by atoms with Crippen molar-refractivity contribution in [1.82, 2.24) is 0 Å². The molecule has 2 aromatic carbocycles. The average molecular weight is 424 g/mol. The summed E-state index contributed by atoms with van der Waals surface area (Å²) in [7, 11) is 3.17. The molecule has 0 radical (unpaired) electrons. The molecule has 4 nitrogen and oxygen atoms in total. The van der Waals surface area contributed by atoms with E-state index in [4.69, 9.17) is 9.47 Å². The summed E-state index contributed by atoms with van der Waals surface area (Å²) in [5, 5.41) is 9.86. The Kier molecular flexibility index (Phi) is 5.65. The average Bonchev–Trinajstić information content (AvgIpc) is 2.53. The molecule has 0 aliphatic rings. The van der Waals surface area contributed by atoms with Crippen LogP contribution in [0.5, 0.6) is 17.2 Å². The number of phenols is 1. The van der Waals surface area contributed by atoms with Gasteiger partial charge in [-0.1, -0.05) is 6.08 Å². The van der Waals surface area contributed by atoms with Crippen LogP contribution in [0.25, 0.3) is 6.08 Å². The van der Waals surface area contributed by atoms with Crippen LogP contribution in [-0.4, -0.2) is 25.1 Å². The van der Waals surface area contributed by atoms with Crippen LogP contribution in [0.1, 0.15) is 21.5 Å². The van der Waals surface area contributed by atoms with Crippen LogP contribution in [0.15, 0.2) is 36.4 Å². The lowest BCUT2D eigenvalue weighted by molar-refractivity contribution is 0.104. The summed E-state index contributed by atoms with van der Waals surface area (Å²) in [6.07, 6.45) is 3.09. The summed E-state index contributed by atoms with van der Waals surface area (Å²) < 4.78 is 11.5. The van der Waals surface area contributed by atoms with E-state index in [9.17, 15) is 9.90 Å². The number of carbonyl (C=O) groups excluding carboxylic acids is 1. The number of aromatic hydroxyl groups is 1. The number of hydrogen-bond donors (Lipinski definition) is 1. The Balaban J connectivity index is 2.30. The molecule has 0 atom stereocenters. The number of phenolic OH excluding ortho intramolecular Hbond substituents is 1. The molecule has 0 heterocycles. The summed E-state index contributed by atoms with van der Waals surface area (Å²) in [5.74, 6) is 1.09. The molecule has 2 rings (SSSR count). The Hall–Kier alpha value is -2.02. The second-order valence-electron chi connectivity index (χ2n) is 4.91. The molecule has 0 saturated heterocycles. The van der Waals surface area contributed by atoms with Crippen molar-refractivity contribution in [3.8, 4) is 17.2 Å². The SMILES string of the molecule is COc1cc(/C=C/C(=O)c2ccc(I)cc2O)cc(OC)c1C. The van der Waals surface area contributed by atoms with Crippen LogP contribution >= 0.6 is 22.6 Å². The number of hydrogen-bond acceptors (Lipinski definition) is 4. The van der Waals surface area contributed by atoms with Gasteiger partial charge in [0.25, 0.3) is 0 Å². The van der Waals surface area contributed by atoms with Gasteiger partial charge >= 0.3 is 0 Å². The van der Waals surface area contributed by atoms with Crippen LogP contribution in [0.3, 0.4) is 0 Å². The zero-order valence-electron chi connectivity index (χ0n) is 13.1. The first-order valence-electron chi connectivity index (χ1n) is 6.89. The van der Waals surface area contributed by atoms with E-state index in [2.05, 4.69) is 22.6 Å². The van der Waals surface area contributed by atoms with Gasteiger partial charge in [-0.05, 0) is 71.5 Å². The fraction of sp³-hybridized carbons (Fsp3) is 0.167. The summed E-state index contributed by atoms with van der Waals surface area (Å²) in [6, 6.07) is 8.60. The predicted octanol–water partition coefficient (Wildman–Crippen LogP) is 4.22. The highest BCUT2D eigenvalue weighted by Gasteiger charge is 2.10. The lowest BCUT2D eigenvalue weighted by atomic mass is 10.1. The Morgan fingerprint density at radius 2 is 1.74 bits per heavy atom. The molecule has 5 heteroatoms. The zero-order valence-corrected chi connectivity index (χ0v) is 15.2. The van der Waals surface area contributed by atoms with Crippen molar-refractivity contribution >= 4 is 34.5 Å². The van der Waals surface area contributed by atoms with E-state index < -0.39 is 0 Å². The molecular weight excluding hydrogens is 407 g/mol. The van der Waals surface area contributed by atoms with Gasteiger partial charge in [-0.2, -0.15) is 0 Å². The lowest BCUT2D eigenvalue weighted by Crippen LogP contribution is -1.96. The lowest BCUT2D eigenvalue weighted by Gasteiger charge is -2.10. The minimum atomic E-state index is -0.266. The molecule has 0 spiro atoms. The van der Waals surface area contributed by atoms with Gasteiger partial charge in [-0.25, -0.2) is 0 Å². The third kappa shape index (κ3) is 4.04. The smallest absolute Gasteiger partial charge is 0.189 e. The summed E-state index contributed by atoms with van der Waals surface area (Å²) in [6.45, 7) is 1.90. The quantitative estimate of drug-likeness (QED) is 0.444. The largest absolute Gasteiger partial charge is 0.507 e. The minimum Gasteiger partial charge on any atom is -0.507 e. The predicted molar refractivity (Wildman–Crippen MR) is 98.5 cm³/mol. The van der Waals surface area contributed by atoms with Gasteiger partial charge < -0.3 is 14.6 Å². The van der Waals surface area contributed by atoms with Crippen molar-refractivity contribution in [2.45, 2.75) is 6.92 Å². The molecule has 1 N–H and O–H groups in total. The molecule has 120 valence electrons. The van der Waals surface area contributed by atoms with Crippen LogP contribution in [0.2, 0.25) is 0 Å². The Labute approximate surface area is 148 Å². The summed E-state index contributed by atoms with van der Waals surface area (Å²) >= 11 is 2.08. The molecule has 0 fully saturated rings. The first-order chi connectivity index (χ1) is 11.0. The van der Waals surface area contributed by atoms with Crippen LogP contribution < -0.4 is 9.47 Å². The molecular formula is C18H17IO4. The maximum atomic E-state index is 12.2. The molecule has 0 amide bonds. The van der Waals surface area contributed by atoms with Gasteiger partial charge in [0.2, 0.25) is 0 Å². The number of carbonyl (C=O) groups is 1. The molecule has 0 aliphatic heterocycles. The number of methoxy groups -OCH3 is 2. The van der Waals surface area contributed by atoms with Crippen LogP contribution in [0, 0.1) is 10.5 Å². The molecule has 23 heavy (non-hydrogen) atoms. The zero-order chi connectivity index (χ0) is 17.0. The normalized spacial score (nSPS) is 10.8. The third-order valence-corrected chi connectivity index (χ3v) is 4.10. The molecule has 0 aromatic heterocycles. The number of benzene rings is 2. The fourth-order valence-electron chi connectivity index (χ4n) is 2.18. The van der Waals surface area contributed by atoms with Gasteiger partial charge in [0, 0.05) is 9.13 Å². The van der Waals surface area contributed by atoms with E-state index in [1.165, 1.54) is 6.08 Å². The monoisotopic (exact) mass is 424 g/mol. The van der Waals surface area contributed by atoms with Crippen molar-refractivity contribution < 1.29 is 19.4 Å². The number of rotatable bonds is 5. The highest BCUT2D eigenvalue weighted by atomic mass is 127. The van der Waals surface area contributed by atoms with Crippen molar-refractivity contribution in [1.29, 1.82) is 0 Å². The molecule has 0 bridgehead atoms. The molecule has 2 aromatic rings. The van der Waals surface area contributed by atoms with E-state index in [0.29, 0.717) is 11.5 Å². The van der Waals surface area contributed by atoms with Gasteiger partial charge in [-0.3, -0.25) is 4.79 Å². The van der Waals surface area contributed by atoms with Gasteiger partial charge in [0.05, 0.1) is 19.8 Å². The van der Waals surface area contributed by atoms with E-state index in [0.717, 1.165) is 14.7 Å². The van der Waals surface area contributed by atoms with Gasteiger partial charge in [0.1, 0.15) is 17.2 Å². The summed E-state index contributed by atoms with van der Waals surface area (Å²) in [5.41, 5.74) is 1.95. The van der Waals surface area contributed by atoms with E-state index in [-0.39, 0.29) is 17.1 Å². The first kappa shape index (κ1) is 17.3. The number of allylic oxidation sites excluding steroid dienone is 1. The summed E-state index contributed by atoms with van der Waals surface area (Å²) in [4.78, 5) is 12.2. The van der Waals surface area contributed by atoms with E-state index >= 15 is 0 Å².